The first-order valence-corrected chi connectivity index (χ1v) is 11.9. The summed E-state index contributed by atoms with van der Waals surface area (Å²) in [4.78, 5) is 11.7. The lowest BCUT2D eigenvalue weighted by atomic mass is 9.85. The third kappa shape index (κ3) is 7.24. The maximum atomic E-state index is 13.6. The number of halogens is 2. The van der Waals surface area contributed by atoms with Crippen molar-refractivity contribution < 1.29 is 18.7 Å². The molecule has 0 bridgehead atoms. The number of hydrogen-bond acceptors (Lipinski definition) is 4. The molecule has 3 atom stereocenters. The van der Waals surface area contributed by atoms with Gasteiger partial charge in [0.25, 0.3) is 0 Å². The first-order valence-electron chi connectivity index (χ1n) is 11.9. The number of carbonyl (C=O) groups is 1. The van der Waals surface area contributed by atoms with E-state index >= 15 is 0 Å². The number of aliphatic hydroxyl groups is 1. The molecule has 5 nitrogen and oxygen atoms in total. The summed E-state index contributed by atoms with van der Waals surface area (Å²) < 4.78 is 27.3. The van der Waals surface area contributed by atoms with Crippen LogP contribution in [0.3, 0.4) is 0 Å². The molecular formula is C27H37F2N3O2. The van der Waals surface area contributed by atoms with Crippen LogP contribution < -0.4 is 16.0 Å². The van der Waals surface area contributed by atoms with Crippen LogP contribution in [0.15, 0.2) is 30.3 Å². The lowest BCUT2D eigenvalue weighted by molar-refractivity contribution is -0.120. The third-order valence-electron chi connectivity index (χ3n) is 6.07. The van der Waals surface area contributed by atoms with Gasteiger partial charge >= 0.3 is 0 Å². The van der Waals surface area contributed by atoms with E-state index in [4.69, 9.17) is 0 Å². The van der Waals surface area contributed by atoms with Gasteiger partial charge in [0.15, 0.2) is 0 Å². The van der Waals surface area contributed by atoms with Gasteiger partial charge in [0.2, 0.25) is 5.91 Å². The van der Waals surface area contributed by atoms with Crippen LogP contribution >= 0.6 is 0 Å². The van der Waals surface area contributed by atoms with Gasteiger partial charge in [0.05, 0.1) is 12.1 Å². The highest BCUT2D eigenvalue weighted by molar-refractivity contribution is 5.73. The molecule has 3 rings (SSSR count). The minimum atomic E-state index is -0.938. The van der Waals surface area contributed by atoms with Gasteiger partial charge in [0.1, 0.15) is 11.6 Å². The van der Waals surface area contributed by atoms with Gasteiger partial charge in [0, 0.05) is 37.8 Å². The topological polar surface area (TPSA) is 73.4 Å². The SMILES string of the molecule is CC(=O)N[C@@H](Cc1cc(F)cc(F)c1)[C@H](O)CNC1CCNc2c(C)cc(CC(C)(C)C)cc21. The summed E-state index contributed by atoms with van der Waals surface area (Å²) in [6.45, 7) is 11.2. The van der Waals surface area contributed by atoms with Gasteiger partial charge in [-0.1, -0.05) is 32.9 Å². The second-order valence-electron chi connectivity index (χ2n) is 10.6. The maximum absolute atomic E-state index is 13.6. The number of amides is 1. The first-order chi connectivity index (χ1) is 15.9. The van der Waals surface area contributed by atoms with Gasteiger partial charge in [-0.15, -0.1) is 0 Å². The number of hydrogen-bond donors (Lipinski definition) is 4. The van der Waals surface area contributed by atoms with Crippen molar-refractivity contribution in [3.63, 3.8) is 0 Å². The summed E-state index contributed by atoms with van der Waals surface area (Å²) in [7, 11) is 0. The highest BCUT2D eigenvalue weighted by Crippen LogP contribution is 2.35. The van der Waals surface area contributed by atoms with Gasteiger partial charge < -0.3 is 21.1 Å². The van der Waals surface area contributed by atoms with Crippen molar-refractivity contribution in [2.45, 2.75) is 72.1 Å². The Labute approximate surface area is 201 Å². The molecule has 0 fully saturated rings. The zero-order chi connectivity index (χ0) is 25.0. The molecule has 2 aromatic rings. The van der Waals surface area contributed by atoms with E-state index in [1.165, 1.54) is 35.7 Å². The molecule has 0 saturated carbocycles. The Morgan fingerprint density at radius 3 is 2.44 bits per heavy atom. The normalized spacial score (nSPS) is 17.5. The number of aliphatic hydroxyl groups excluding tert-OH is 1. The lowest BCUT2D eigenvalue weighted by Gasteiger charge is -2.32. The lowest BCUT2D eigenvalue weighted by Crippen LogP contribution is -2.48. The van der Waals surface area contributed by atoms with Gasteiger partial charge in [-0.25, -0.2) is 8.78 Å². The van der Waals surface area contributed by atoms with Crippen LogP contribution in [0.1, 0.15) is 62.4 Å². The van der Waals surface area contributed by atoms with Crippen LogP contribution in [-0.4, -0.2) is 36.2 Å². The molecule has 7 heteroatoms. The van der Waals surface area contributed by atoms with E-state index in [2.05, 4.69) is 55.8 Å². The first kappa shape index (κ1) is 26.1. The molecular weight excluding hydrogens is 436 g/mol. The summed E-state index contributed by atoms with van der Waals surface area (Å²) in [6, 6.07) is 7.10. The Bertz CT molecular complexity index is 999. The summed E-state index contributed by atoms with van der Waals surface area (Å²) in [5, 5.41) is 20.6. The fourth-order valence-corrected chi connectivity index (χ4v) is 4.76. The van der Waals surface area contributed by atoms with Gasteiger partial charge in [-0.2, -0.15) is 0 Å². The van der Waals surface area contributed by atoms with E-state index < -0.39 is 23.8 Å². The second-order valence-corrected chi connectivity index (χ2v) is 10.6. The van der Waals surface area contributed by atoms with Crippen LogP contribution in [0.2, 0.25) is 0 Å². The Balaban J connectivity index is 1.74. The minimum Gasteiger partial charge on any atom is -0.390 e. The van der Waals surface area contributed by atoms with Crippen molar-refractivity contribution in [2.24, 2.45) is 5.41 Å². The average Bonchev–Trinajstić information content (AvgIpc) is 2.69. The zero-order valence-corrected chi connectivity index (χ0v) is 20.8. The minimum absolute atomic E-state index is 0.0501. The number of fused-ring (bicyclic) bond motifs is 1. The quantitative estimate of drug-likeness (QED) is 0.458. The predicted octanol–water partition coefficient (Wildman–Crippen LogP) is 4.42. The predicted molar refractivity (Wildman–Crippen MR) is 132 cm³/mol. The molecule has 1 unspecified atom stereocenters. The van der Waals surface area contributed by atoms with Gasteiger partial charge in [-0.3, -0.25) is 4.79 Å². The molecule has 1 aliphatic heterocycles. The summed E-state index contributed by atoms with van der Waals surface area (Å²) in [5.41, 5.74) is 5.34. The summed E-state index contributed by atoms with van der Waals surface area (Å²) in [5.74, 6) is -1.68. The summed E-state index contributed by atoms with van der Waals surface area (Å²) in [6.07, 6.45) is 1.00. The van der Waals surface area contributed by atoms with E-state index in [0.717, 1.165) is 31.1 Å². The molecule has 1 amide bonds. The molecule has 1 heterocycles. The molecule has 186 valence electrons. The van der Waals surface area contributed by atoms with Crippen molar-refractivity contribution >= 4 is 11.6 Å². The number of carbonyl (C=O) groups excluding carboxylic acids is 1. The number of benzene rings is 2. The highest BCUT2D eigenvalue weighted by Gasteiger charge is 2.26. The molecule has 0 aromatic heterocycles. The van der Waals surface area contributed by atoms with Crippen molar-refractivity contribution in [3.05, 3.63) is 64.2 Å². The molecule has 0 aliphatic carbocycles. The van der Waals surface area contributed by atoms with E-state index in [-0.39, 0.29) is 30.3 Å². The number of anilines is 1. The fourth-order valence-electron chi connectivity index (χ4n) is 4.76. The number of rotatable bonds is 8. The number of nitrogens with one attached hydrogen (secondary N) is 3. The van der Waals surface area contributed by atoms with Crippen molar-refractivity contribution in [1.29, 1.82) is 0 Å². The molecule has 1 aliphatic rings. The average molecular weight is 474 g/mol. The van der Waals surface area contributed by atoms with Crippen LogP contribution in [-0.2, 0) is 17.6 Å². The molecule has 34 heavy (non-hydrogen) atoms. The number of aryl methyl sites for hydroxylation is 1. The van der Waals surface area contributed by atoms with Crippen molar-refractivity contribution in [3.8, 4) is 0 Å². The van der Waals surface area contributed by atoms with Crippen LogP contribution in [0, 0.1) is 24.0 Å². The van der Waals surface area contributed by atoms with E-state index in [0.29, 0.717) is 5.56 Å². The largest absolute Gasteiger partial charge is 0.390 e. The standard InChI is InChI=1S/C27H37F2N3O2/c1-16-8-19(14-27(3,4)5)11-22-23(6-7-30-26(16)22)31-15-25(34)24(32-17(2)33)12-18-9-20(28)13-21(29)10-18/h8-11,13,23-25,30-31,34H,6-7,12,14-15H2,1-5H3,(H,32,33)/t23?,24-,25+/m0/s1. The maximum Gasteiger partial charge on any atom is 0.217 e. The fraction of sp³-hybridized carbons (Fsp3) is 0.519. The third-order valence-corrected chi connectivity index (χ3v) is 6.07. The van der Waals surface area contributed by atoms with Gasteiger partial charge in [-0.05, 0) is 66.0 Å². The van der Waals surface area contributed by atoms with Crippen molar-refractivity contribution in [2.75, 3.05) is 18.4 Å². The highest BCUT2D eigenvalue weighted by atomic mass is 19.1. The molecule has 0 saturated heterocycles. The van der Waals surface area contributed by atoms with E-state index in [9.17, 15) is 18.7 Å². The van der Waals surface area contributed by atoms with Crippen LogP contribution in [0.4, 0.5) is 14.5 Å². The molecule has 0 spiro atoms. The molecule has 0 radical (unpaired) electrons. The molecule has 2 aromatic carbocycles. The monoisotopic (exact) mass is 473 g/mol. The Morgan fingerprint density at radius 1 is 1.15 bits per heavy atom. The Kier molecular flexibility index (Phi) is 8.31. The zero-order valence-electron chi connectivity index (χ0n) is 20.8. The van der Waals surface area contributed by atoms with Crippen LogP contribution in [0.5, 0.6) is 0 Å². The molecule has 4 N–H and O–H groups in total. The van der Waals surface area contributed by atoms with Crippen molar-refractivity contribution in [1.82, 2.24) is 10.6 Å². The van der Waals surface area contributed by atoms with Crippen LogP contribution in [0.25, 0.3) is 0 Å². The Hall–Kier alpha value is -2.51. The van der Waals surface area contributed by atoms with E-state index in [1.54, 1.807) is 0 Å². The Morgan fingerprint density at radius 2 is 1.82 bits per heavy atom. The smallest absolute Gasteiger partial charge is 0.217 e. The second kappa shape index (κ2) is 10.8. The summed E-state index contributed by atoms with van der Waals surface area (Å²) >= 11 is 0. The van der Waals surface area contributed by atoms with E-state index in [1.807, 2.05) is 0 Å².